The van der Waals surface area contributed by atoms with E-state index >= 15 is 0 Å². The summed E-state index contributed by atoms with van der Waals surface area (Å²) < 4.78 is 1.95. The van der Waals surface area contributed by atoms with Crippen LogP contribution in [-0.4, -0.2) is 27.2 Å². The van der Waals surface area contributed by atoms with Gasteiger partial charge in [-0.1, -0.05) is 6.92 Å². The van der Waals surface area contributed by atoms with Crippen molar-refractivity contribution in [2.45, 2.75) is 32.7 Å². The minimum absolute atomic E-state index is 0.0172. The molecular weight excluding hydrogens is 252 g/mol. The van der Waals surface area contributed by atoms with Crippen LogP contribution in [0.25, 0.3) is 0 Å². The summed E-state index contributed by atoms with van der Waals surface area (Å²) in [5.74, 6) is -0.0172. The summed E-state index contributed by atoms with van der Waals surface area (Å²) in [6.45, 7) is 3.66. The summed E-state index contributed by atoms with van der Waals surface area (Å²) in [5, 5.41) is 7.28. The lowest BCUT2D eigenvalue weighted by molar-refractivity contribution is 0.0938. The number of aromatic amines is 1. The van der Waals surface area contributed by atoms with Crippen LogP contribution in [0.15, 0.2) is 30.6 Å². The van der Waals surface area contributed by atoms with Crippen molar-refractivity contribution in [2.24, 2.45) is 5.41 Å². The second kappa shape index (κ2) is 5.15. The van der Waals surface area contributed by atoms with Gasteiger partial charge in [-0.25, -0.2) is 0 Å². The van der Waals surface area contributed by atoms with E-state index in [1.165, 1.54) is 0 Å². The zero-order valence-corrected chi connectivity index (χ0v) is 11.7. The zero-order valence-electron chi connectivity index (χ0n) is 11.7. The molecule has 1 fully saturated rings. The molecule has 1 saturated carbocycles. The average Bonchev–Trinajstić information content (AvgIpc) is 2.87. The number of rotatable bonds is 6. The van der Waals surface area contributed by atoms with Gasteiger partial charge in [0.15, 0.2) is 0 Å². The van der Waals surface area contributed by atoms with Crippen LogP contribution in [0.2, 0.25) is 0 Å². The Bertz CT molecular complexity index is 581. The van der Waals surface area contributed by atoms with Crippen molar-refractivity contribution in [3.63, 3.8) is 0 Å². The first-order valence-electron chi connectivity index (χ1n) is 7.14. The highest BCUT2D eigenvalue weighted by atomic mass is 16.1. The van der Waals surface area contributed by atoms with Crippen molar-refractivity contribution in [3.05, 3.63) is 42.0 Å². The second-order valence-corrected chi connectivity index (χ2v) is 5.64. The molecule has 0 aliphatic heterocycles. The van der Waals surface area contributed by atoms with Gasteiger partial charge in [-0.15, -0.1) is 0 Å². The van der Waals surface area contributed by atoms with Gasteiger partial charge in [0, 0.05) is 36.6 Å². The van der Waals surface area contributed by atoms with E-state index in [1.807, 2.05) is 29.1 Å². The summed E-state index contributed by atoms with van der Waals surface area (Å²) >= 11 is 0. The van der Waals surface area contributed by atoms with Crippen LogP contribution in [0, 0.1) is 5.41 Å². The molecule has 2 aromatic rings. The van der Waals surface area contributed by atoms with Crippen molar-refractivity contribution in [1.29, 1.82) is 0 Å². The van der Waals surface area contributed by atoms with Crippen LogP contribution in [0.1, 0.15) is 35.9 Å². The first-order chi connectivity index (χ1) is 9.71. The van der Waals surface area contributed by atoms with Gasteiger partial charge in [-0.3, -0.25) is 9.48 Å². The van der Waals surface area contributed by atoms with Gasteiger partial charge in [-0.2, -0.15) is 5.10 Å². The lowest BCUT2D eigenvalue weighted by atomic mass is 10.1. The number of amides is 1. The Hall–Kier alpha value is -2.04. The van der Waals surface area contributed by atoms with E-state index in [-0.39, 0.29) is 11.3 Å². The molecule has 2 heterocycles. The first kappa shape index (κ1) is 13.0. The third kappa shape index (κ3) is 2.76. The fraction of sp³-hybridized carbons (Fsp3) is 0.467. The standard InChI is InChI=1S/C15H20N4O/c1-2-12-4-5-13(18-12)14(20)16-10-15(6-7-15)11-19-9-3-8-17-19/h3-5,8-9,18H,2,6-7,10-11H2,1H3,(H,16,20). The Morgan fingerprint density at radius 3 is 2.95 bits per heavy atom. The molecule has 1 aliphatic carbocycles. The Kier molecular flexibility index (Phi) is 3.34. The molecule has 1 aliphatic rings. The highest BCUT2D eigenvalue weighted by molar-refractivity contribution is 5.92. The van der Waals surface area contributed by atoms with E-state index < -0.39 is 0 Å². The summed E-state index contributed by atoms with van der Waals surface area (Å²) in [4.78, 5) is 15.2. The lowest BCUT2D eigenvalue weighted by Gasteiger charge is -2.15. The third-order valence-corrected chi connectivity index (χ3v) is 4.01. The zero-order chi connectivity index (χ0) is 14.0. The van der Waals surface area contributed by atoms with Crippen LogP contribution >= 0.6 is 0 Å². The number of carbonyl (C=O) groups excluding carboxylic acids is 1. The quantitative estimate of drug-likeness (QED) is 0.844. The predicted octanol–water partition coefficient (Wildman–Crippen LogP) is 1.98. The molecule has 5 heteroatoms. The molecule has 0 atom stereocenters. The molecule has 5 nitrogen and oxygen atoms in total. The maximum atomic E-state index is 12.1. The van der Waals surface area contributed by atoms with Crippen LogP contribution in [-0.2, 0) is 13.0 Å². The van der Waals surface area contributed by atoms with Gasteiger partial charge in [0.05, 0.1) is 0 Å². The number of hydrogen-bond donors (Lipinski definition) is 2. The number of carbonyl (C=O) groups is 1. The third-order valence-electron chi connectivity index (χ3n) is 4.01. The number of aryl methyl sites for hydroxylation is 1. The maximum Gasteiger partial charge on any atom is 0.267 e. The van der Waals surface area contributed by atoms with Crippen LogP contribution in [0.4, 0.5) is 0 Å². The Morgan fingerprint density at radius 1 is 1.50 bits per heavy atom. The molecule has 0 saturated heterocycles. The van der Waals surface area contributed by atoms with Crippen molar-refractivity contribution < 1.29 is 4.79 Å². The van der Waals surface area contributed by atoms with E-state index in [2.05, 4.69) is 22.3 Å². The summed E-state index contributed by atoms with van der Waals surface area (Å²) in [6, 6.07) is 5.74. The maximum absolute atomic E-state index is 12.1. The SMILES string of the molecule is CCc1ccc(C(=O)NCC2(Cn3cccn3)CC2)[nH]1. The molecule has 0 unspecified atom stereocenters. The Balaban J connectivity index is 1.55. The van der Waals surface area contributed by atoms with Crippen molar-refractivity contribution in [1.82, 2.24) is 20.1 Å². The van der Waals surface area contributed by atoms with Gasteiger partial charge in [-0.05, 0) is 37.5 Å². The first-order valence-corrected chi connectivity index (χ1v) is 7.14. The fourth-order valence-electron chi connectivity index (χ4n) is 2.45. The average molecular weight is 272 g/mol. The molecular formula is C15H20N4O. The largest absolute Gasteiger partial charge is 0.354 e. The van der Waals surface area contributed by atoms with Gasteiger partial charge in [0.1, 0.15) is 5.69 Å². The van der Waals surface area contributed by atoms with E-state index in [0.29, 0.717) is 12.2 Å². The van der Waals surface area contributed by atoms with E-state index in [4.69, 9.17) is 0 Å². The van der Waals surface area contributed by atoms with Crippen LogP contribution < -0.4 is 5.32 Å². The monoisotopic (exact) mass is 272 g/mol. The highest BCUT2D eigenvalue weighted by Gasteiger charge is 2.43. The summed E-state index contributed by atoms with van der Waals surface area (Å²) in [6.07, 6.45) is 6.98. The van der Waals surface area contributed by atoms with Crippen molar-refractivity contribution in [2.75, 3.05) is 6.54 Å². The molecule has 1 amide bonds. The normalized spacial score (nSPS) is 16.1. The van der Waals surface area contributed by atoms with Gasteiger partial charge >= 0.3 is 0 Å². The van der Waals surface area contributed by atoms with Gasteiger partial charge < -0.3 is 10.3 Å². The fourth-order valence-corrected chi connectivity index (χ4v) is 2.45. The topological polar surface area (TPSA) is 62.7 Å². The smallest absolute Gasteiger partial charge is 0.267 e. The lowest BCUT2D eigenvalue weighted by Crippen LogP contribution is -2.32. The van der Waals surface area contributed by atoms with Crippen molar-refractivity contribution >= 4 is 5.91 Å². The van der Waals surface area contributed by atoms with E-state index in [9.17, 15) is 4.79 Å². The Morgan fingerprint density at radius 2 is 2.35 bits per heavy atom. The van der Waals surface area contributed by atoms with Gasteiger partial charge in [0.2, 0.25) is 0 Å². The molecule has 0 aromatic carbocycles. The number of nitrogens with zero attached hydrogens (tertiary/aromatic N) is 2. The number of nitrogens with one attached hydrogen (secondary N) is 2. The number of hydrogen-bond acceptors (Lipinski definition) is 2. The van der Waals surface area contributed by atoms with E-state index in [1.54, 1.807) is 6.20 Å². The van der Waals surface area contributed by atoms with Gasteiger partial charge in [0.25, 0.3) is 5.91 Å². The second-order valence-electron chi connectivity index (χ2n) is 5.64. The minimum atomic E-state index is -0.0172. The van der Waals surface area contributed by atoms with Crippen LogP contribution in [0.3, 0.4) is 0 Å². The molecule has 2 aromatic heterocycles. The minimum Gasteiger partial charge on any atom is -0.354 e. The summed E-state index contributed by atoms with van der Waals surface area (Å²) in [7, 11) is 0. The molecule has 20 heavy (non-hydrogen) atoms. The van der Waals surface area contributed by atoms with Crippen molar-refractivity contribution in [3.8, 4) is 0 Å². The molecule has 0 radical (unpaired) electrons. The number of H-pyrrole nitrogens is 1. The molecule has 0 spiro atoms. The molecule has 3 rings (SSSR count). The van der Waals surface area contributed by atoms with E-state index in [0.717, 1.165) is 31.5 Å². The number of aromatic nitrogens is 3. The van der Waals surface area contributed by atoms with Crippen LogP contribution in [0.5, 0.6) is 0 Å². The highest BCUT2D eigenvalue weighted by Crippen LogP contribution is 2.46. The molecule has 2 N–H and O–H groups in total. The molecule has 0 bridgehead atoms. The predicted molar refractivity (Wildman–Crippen MR) is 76.4 cm³/mol. The molecule has 106 valence electrons. The Labute approximate surface area is 118 Å². The summed E-state index contributed by atoms with van der Waals surface area (Å²) in [5.41, 5.74) is 1.94.